The van der Waals surface area contributed by atoms with Crippen LogP contribution in [0.2, 0.25) is 5.02 Å². The molecule has 3 heterocycles. The third kappa shape index (κ3) is 12.9. The van der Waals surface area contributed by atoms with Crippen molar-refractivity contribution in [1.82, 2.24) is 35.0 Å². The Morgan fingerprint density at radius 3 is 2.14 bits per heavy atom. The number of amides is 5. The minimum absolute atomic E-state index is 0.0943. The number of carboxylic acids is 1. The lowest BCUT2D eigenvalue weighted by Crippen LogP contribution is -2.49. The molecule has 1 aliphatic rings. The van der Waals surface area contributed by atoms with Crippen LogP contribution in [0.1, 0.15) is 70.4 Å². The van der Waals surface area contributed by atoms with Gasteiger partial charge < -0.3 is 45.5 Å². The molecule has 0 bridgehead atoms. The van der Waals surface area contributed by atoms with E-state index in [2.05, 4.69) is 36.8 Å². The van der Waals surface area contributed by atoms with E-state index in [-0.39, 0.29) is 58.2 Å². The highest BCUT2D eigenvalue weighted by Crippen LogP contribution is 2.27. The highest BCUT2D eigenvalue weighted by Gasteiger charge is 2.29. The van der Waals surface area contributed by atoms with Crippen LogP contribution in [0.4, 0.5) is 26.7 Å². The molecule has 5 N–H and O–H groups in total. The molecule has 5 amide bonds. The number of hydrogen-bond donors (Lipinski definition) is 5. The van der Waals surface area contributed by atoms with Gasteiger partial charge in [0.1, 0.15) is 35.9 Å². The molecule has 2 aromatic heterocycles. The number of nitrogens with zero attached hydrogens (tertiary/aromatic N) is 6. The van der Waals surface area contributed by atoms with E-state index < -0.39 is 53.0 Å². The summed E-state index contributed by atoms with van der Waals surface area (Å²) in [5.74, 6) is -4.93. The summed E-state index contributed by atoms with van der Waals surface area (Å²) in [5.41, 5.74) is -0.169. The molecular weight excluding hydrogens is 880 g/mol. The van der Waals surface area contributed by atoms with Gasteiger partial charge in [-0.05, 0) is 125 Å². The molecule has 1 fully saturated rings. The van der Waals surface area contributed by atoms with Crippen LogP contribution in [0.15, 0.2) is 73.1 Å². The fourth-order valence-electron chi connectivity index (χ4n) is 6.82. The number of anilines is 3. The molecule has 3 aromatic carbocycles. The standard InChI is InChI=1S/C44H49ClN10O11/c1-43(2,3)65-36(56)23-64-30-15-17-53(18-16-30)41(62)48-28-10-7-25(8-11-28)19-32(50-39(59)38(58)49-31-22-27(45)9-13-34(31)54-24-46-51-52-54)37(57)47-29-12-14-33-26(20-29)21-35(40(60)61)55(33)42(63)66-44(4,5)6/h7-14,20-22,24,30,32H,15-19,23H2,1-6H3,(H,47,57)(H,48,62)(H,49,58)(H,50,59)(H,60,61). The van der Waals surface area contributed by atoms with Crippen LogP contribution >= 0.6 is 11.6 Å². The number of esters is 1. The van der Waals surface area contributed by atoms with Crippen molar-refractivity contribution in [1.29, 1.82) is 0 Å². The lowest BCUT2D eigenvalue weighted by Gasteiger charge is -2.32. The zero-order valence-electron chi connectivity index (χ0n) is 36.9. The summed E-state index contributed by atoms with van der Waals surface area (Å²) in [6.45, 7) is 10.9. The van der Waals surface area contributed by atoms with Crippen LogP contribution in [0.5, 0.6) is 0 Å². The Balaban J connectivity index is 1.16. The number of rotatable bonds is 12. The summed E-state index contributed by atoms with van der Waals surface area (Å²) in [6, 6.07) is 14.8. The summed E-state index contributed by atoms with van der Waals surface area (Å²) in [4.78, 5) is 93.0. The van der Waals surface area contributed by atoms with Crippen molar-refractivity contribution in [2.45, 2.75) is 84.2 Å². The minimum Gasteiger partial charge on any atom is -0.477 e. The first-order valence-corrected chi connectivity index (χ1v) is 21.1. The van der Waals surface area contributed by atoms with Crippen molar-refractivity contribution in [3.05, 3.63) is 89.3 Å². The summed E-state index contributed by atoms with van der Waals surface area (Å²) < 4.78 is 18.6. The predicted molar refractivity (Wildman–Crippen MR) is 239 cm³/mol. The van der Waals surface area contributed by atoms with E-state index in [0.29, 0.717) is 42.9 Å². The fourth-order valence-corrected chi connectivity index (χ4v) is 6.99. The molecule has 0 radical (unpaired) electrons. The highest BCUT2D eigenvalue weighted by atomic mass is 35.5. The van der Waals surface area contributed by atoms with Crippen LogP contribution < -0.4 is 21.3 Å². The van der Waals surface area contributed by atoms with Gasteiger partial charge in [-0.15, -0.1) is 5.10 Å². The van der Waals surface area contributed by atoms with Crippen molar-refractivity contribution in [2.24, 2.45) is 0 Å². The van der Waals surface area contributed by atoms with Crippen molar-refractivity contribution in [2.75, 3.05) is 35.6 Å². The van der Waals surface area contributed by atoms with Gasteiger partial charge in [-0.25, -0.2) is 23.7 Å². The van der Waals surface area contributed by atoms with E-state index >= 15 is 0 Å². The van der Waals surface area contributed by atoms with E-state index in [1.165, 1.54) is 53.5 Å². The number of benzene rings is 3. The Hall–Kier alpha value is -7.39. The first-order chi connectivity index (χ1) is 31.1. The molecule has 66 heavy (non-hydrogen) atoms. The molecule has 1 saturated heterocycles. The van der Waals surface area contributed by atoms with Crippen LogP contribution in [0, 0.1) is 0 Å². The molecule has 1 unspecified atom stereocenters. The van der Waals surface area contributed by atoms with E-state index in [1.807, 2.05) is 0 Å². The number of carbonyl (C=O) groups excluding carboxylic acids is 6. The van der Waals surface area contributed by atoms with Crippen LogP contribution in [-0.2, 0) is 39.8 Å². The van der Waals surface area contributed by atoms with Gasteiger partial charge in [0.25, 0.3) is 0 Å². The Morgan fingerprint density at radius 1 is 0.818 bits per heavy atom. The van der Waals surface area contributed by atoms with Crippen molar-refractivity contribution >= 4 is 81.4 Å². The number of fused-ring (bicyclic) bond motifs is 1. The number of aromatic nitrogens is 5. The van der Waals surface area contributed by atoms with Crippen LogP contribution in [0.3, 0.4) is 0 Å². The van der Waals surface area contributed by atoms with Gasteiger partial charge in [0.2, 0.25) is 5.91 Å². The molecular formula is C44H49ClN10O11. The second-order valence-electron chi connectivity index (χ2n) is 17.2. The maximum atomic E-state index is 14.0. The first kappa shape index (κ1) is 48.1. The molecule has 348 valence electrons. The predicted octanol–water partition coefficient (Wildman–Crippen LogP) is 5.41. The van der Waals surface area contributed by atoms with Gasteiger partial charge in [0, 0.05) is 41.3 Å². The normalized spacial score (nSPS) is 13.7. The highest BCUT2D eigenvalue weighted by molar-refractivity contribution is 6.40. The molecule has 6 rings (SSSR count). The lowest BCUT2D eigenvalue weighted by molar-refractivity contribution is -0.163. The maximum Gasteiger partial charge on any atom is 0.419 e. The molecule has 22 heteroatoms. The zero-order valence-corrected chi connectivity index (χ0v) is 37.7. The second kappa shape index (κ2) is 20.2. The van der Waals surface area contributed by atoms with E-state index in [4.69, 9.17) is 25.8 Å². The molecule has 1 atom stereocenters. The number of tetrazole rings is 1. The van der Waals surface area contributed by atoms with E-state index in [0.717, 1.165) is 4.57 Å². The smallest absolute Gasteiger partial charge is 0.419 e. The number of urea groups is 1. The second-order valence-corrected chi connectivity index (χ2v) is 17.7. The van der Waals surface area contributed by atoms with Gasteiger partial charge >= 0.3 is 35.9 Å². The first-order valence-electron chi connectivity index (χ1n) is 20.7. The van der Waals surface area contributed by atoms with Crippen molar-refractivity contribution in [3.8, 4) is 5.69 Å². The molecule has 1 aliphatic heterocycles. The fraction of sp³-hybridized carbons (Fsp3) is 0.364. The third-order valence-corrected chi connectivity index (χ3v) is 9.96. The monoisotopic (exact) mass is 928 g/mol. The molecule has 0 aliphatic carbocycles. The number of halogens is 1. The van der Waals surface area contributed by atoms with Gasteiger partial charge in [-0.2, -0.15) is 4.68 Å². The molecule has 5 aromatic rings. The van der Waals surface area contributed by atoms with E-state index in [9.17, 15) is 38.7 Å². The van der Waals surface area contributed by atoms with E-state index in [1.54, 1.807) is 70.7 Å². The van der Waals surface area contributed by atoms with Crippen LogP contribution in [-0.4, -0.2) is 120 Å². The average Bonchev–Trinajstić information content (AvgIpc) is 3.91. The number of piperidine rings is 1. The third-order valence-electron chi connectivity index (χ3n) is 9.73. The Morgan fingerprint density at radius 2 is 1.50 bits per heavy atom. The van der Waals surface area contributed by atoms with Gasteiger partial charge in [-0.3, -0.25) is 14.4 Å². The SMILES string of the molecule is CC(C)(C)OC(=O)COC1CCN(C(=O)Nc2ccc(CC(NC(=O)C(=O)Nc3cc(Cl)ccc3-n3cnnn3)C(=O)Nc3ccc4c(c3)cc(C(=O)O)n4C(=O)OC(C)(C)C)cc2)CC1. The molecule has 0 saturated carbocycles. The summed E-state index contributed by atoms with van der Waals surface area (Å²) in [7, 11) is 0. The zero-order chi connectivity index (χ0) is 47.9. The topological polar surface area (TPSA) is 267 Å². The number of likely N-dealkylation sites (tertiary alicyclic amines) is 1. The largest absolute Gasteiger partial charge is 0.477 e. The summed E-state index contributed by atoms with van der Waals surface area (Å²) in [6.07, 6.45) is 1.07. The Bertz CT molecular complexity index is 2630. The van der Waals surface area contributed by atoms with Gasteiger partial charge in [-0.1, -0.05) is 23.7 Å². The van der Waals surface area contributed by atoms with Crippen molar-refractivity contribution in [3.63, 3.8) is 0 Å². The van der Waals surface area contributed by atoms with Crippen LogP contribution in [0.25, 0.3) is 16.6 Å². The number of nitrogens with one attached hydrogen (secondary N) is 4. The van der Waals surface area contributed by atoms with Gasteiger partial charge in [0.05, 0.1) is 23.0 Å². The Labute approximate surface area is 383 Å². The summed E-state index contributed by atoms with van der Waals surface area (Å²) in [5, 5.41) is 32.0. The van der Waals surface area contributed by atoms with Crippen molar-refractivity contribution < 1.29 is 52.9 Å². The number of ether oxygens (including phenoxy) is 3. The molecule has 0 spiro atoms. The minimum atomic E-state index is -1.39. The maximum absolute atomic E-state index is 14.0. The van der Waals surface area contributed by atoms with Gasteiger partial charge in [0.15, 0.2) is 0 Å². The summed E-state index contributed by atoms with van der Waals surface area (Å²) >= 11 is 6.19. The number of aromatic carboxylic acids is 1. The lowest BCUT2D eigenvalue weighted by atomic mass is 10.0. The number of carbonyl (C=O) groups is 7. The number of hydrogen-bond acceptors (Lipinski definition) is 13. The number of carboxylic acid groups (broad SMARTS) is 1. The quantitative estimate of drug-likeness (QED) is 0.0774. The molecule has 21 nitrogen and oxygen atoms in total. The average molecular weight is 929 g/mol. The Kier molecular flexibility index (Phi) is 14.7.